The Morgan fingerprint density at radius 1 is 1.28 bits per heavy atom. The third-order valence-electron chi connectivity index (χ3n) is 3.22. The highest BCUT2D eigenvalue weighted by Crippen LogP contribution is 2.21. The first-order chi connectivity index (χ1) is 8.63. The highest BCUT2D eigenvalue weighted by atomic mass is 16.4. The number of rotatable bonds is 5. The van der Waals surface area contributed by atoms with Crippen LogP contribution in [0.2, 0.25) is 0 Å². The van der Waals surface area contributed by atoms with Crippen LogP contribution in [0.1, 0.15) is 58.8 Å². The van der Waals surface area contributed by atoms with Crippen molar-refractivity contribution >= 4 is 11.7 Å². The summed E-state index contributed by atoms with van der Waals surface area (Å²) >= 11 is 0. The van der Waals surface area contributed by atoms with E-state index in [1.54, 1.807) is 0 Å². The van der Waals surface area contributed by atoms with Crippen LogP contribution in [0.3, 0.4) is 0 Å². The minimum Gasteiger partial charge on any atom is -0.481 e. The average molecular weight is 249 g/mol. The number of allylic oxidation sites excluding steroid dienone is 4. The molecule has 0 aromatic carbocycles. The van der Waals surface area contributed by atoms with Crippen LogP contribution in [0, 0.1) is 0 Å². The van der Waals surface area contributed by atoms with Gasteiger partial charge in [-0.25, -0.2) is 0 Å². The van der Waals surface area contributed by atoms with Crippen molar-refractivity contribution in [3.8, 4) is 0 Å². The molecule has 0 heterocycles. The number of carboxylic acids is 1. The van der Waals surface area contributed by atoms with Crippen LogP contribution in [-0.4, -0.2) is 16.8 Å². The fraction of sp³-hybridized carbons (Fsp3) is 0.600. The smallest absolute Gasteiger partial charge is 0.303 e. The van der Waals surface area contributed by atoms with Gasteiger partial charge in [0.25, 0.3) is 0 Å². The van der Waals surface area contributed by atoms with Gasteiger partial charge in [-0.3, -0.25) is 9.79 Å². The monoisotopic (exact) mass is 249 g/mol. The summed E-state index contributed by atoms with van der Waals surface area (Å²) in [6, 6.07) is 0. The van der Waals surface area contributed by atoms with Crippen LogP contribution >= 0.6 is 0 Å². The minimum absolute atomic E-state index is 0.179. The molecule has 0 bridgehead atoms. The Hall–Kier alpha value is -1.38. The van der Waals surface area contributed by atoms with E-state index < -0.39 is 5.97 Å². The zero-order valence-corrected chi connectivity index (χ0v) is 11.4. The van der Waals surface area contributed by atoms with Gasteiger partial charge >= 0.3 is 5.97 Å². The maximum atomic E-state index is 10.6. The molecule has 1 aliphatic carbocycles. The predicted molar refractivity (Wildman–Crippen MR) is 74.9 cm³/mol. The van der Waals surface area contributed by atoms with Crippen molar-refractivity contribution in [2.24, 2.45) is 4.99 Å². The van der Waals surface area contributed by atoms with Crippen molar-refractivity contribution in [2.75, 3.05) is 0 Å². The van der Waals surface area contributed by atoms with Crippen molar-refractivity contribution in [1.29, 1.82) is 0 Å². The highest BCUT2D eigenvalue weighted by molar-refractivity contribution is 5.87. The van der Waals surface area contributed by atoms with Crippen LogP contribution in [0.5, 0.6) is 0 Å². The van der Waals surface area contributed by atoms with Crippen molar-refractivity contribution in [2.45, 2.75) is 58.8 Å². The largest absolute Gasteiger partial charge is 0.481 e. The molecule has 0 aromatic heterocycles. The molecule has 0 radical (unpaired) electrons. The van der Waals surface area contributed by atoms with Gasteiger partial charge in [-0.15, -0.1) is 0 Å². The summed E-state index contributed by atoms with van der Waals surface area (Å²) in [5, 5.41) is 8.72. The molecule has 3 heteroatoms. The van der Waals surface area contributed by atoms with Crippen LogP contribution in [0.15, 0.2) is 28.4 Å². The van der Waals surface area contributed by atoms with E-state index in [0.717, 1.165) is 37.8 Å². The van der Waals surface area contributed by atoms with E-state index >= 15 is 0 Å². The summed E-state index contributed by atoms with van der Waals surface area (Å²) < 4.78 is 0. The summed E-state index contributed by atoms with van der Waals surface area (Å²) in [6.07, 6.45) is 10.2. The number of hydrogen-bond acceptors (Lipinski definition) is 2. The van der Waals surface area contributed by atoms with Gasteiger partial charge in [0, 0.05) is 11.4 Å². The number of aliphatic imine (C=N–C) groups is 1. The van der Waals surface area contributed by atoms with Crippen LogP contribution in [-0.2, 0) is 4.79 Å². The number of nitrogens with zero attached hydrogens (tertiary/aromatic N) is 1. The van der Waals surface area contributed by atoms with E-state index in [4.69, 9.17) is 10.1 Å². The van der Waals surface area contributed by atoms with E-state index in [0.29, 0.717) is 6.42 Å². The second-order valence-electron chi connectivity index (χ2n) is 4.70. The quantitative estimate of drug-likeness (QED) is 0.589. The van der Waals surface area contributed by atoms with E-state index in [9.17, 15) is 4.79 Å². The Morgan fingerprint density at radius 3 is 2.56 bits per heavy atom. The molecule has 3 nitrogen and oxygen atoms in total. The molecule has 0 aromatic rings. The lowest BCUT2D eigenvalue weighted by Gasteiger charge is -2.11. The molecule has 0 unspecified atom stereocenters. The minimum atomic E-state index is -0.748. The molecule has 0 aliphatic heterocycles. The molecule has 1 rings (SSSR count). The highest BCUT2D eigenvalue weighted by Gasteiger charge is 2.07. The first-order valence-electron chi connectivity index (χ1n) is 6.75. The number of aliphatic carboxylic acids is 1. The van der Waals surface area contributed by atoms with Gasteiger partial charge in [-0.05, 0) is 45.4 Å². The third-order valence-corrected chi connectivity index (χ3v) is 3.22. The molecule has 0 saturated heterocycles. The number of carbonyl (C=O) groups is 1. The van der Waals surface area contributed by atoms with Crippen molar-refractivity contribution in [3.05, 3.63) is 23.4 Å². The molecular weight excluding hydrogens is 226 g/mol. The Balaban J connectivity index is 2.74. The van der Waals surface area contributed by atoms with E-state index in [-0.39, 0.29) is 6.42 Å². The summed E-state index contributed by atoms with van der Waals surface area (Å²) in [6.45, 7) is 4.18. The molecule has 100 valence electrons. The Bertz CT molecular complexity index is 378. The molecule has 0 spiro atoms. The lowest BCUT2D eigenvalue weighted by Crippen LogP contribution is -2.04. The molecule has 0 fully saturated rings. The third kappa shape index (κ3) is 5.30. The second kappa shape index (κ2) is 7.85. The normalized spacial score (nSPS) is 23.3. The first-order valence-corrected chi connectivity index (χ1v) is 6.75. The number of carboxylic acid groups (broad SMARTS) is 1. The first kappa shape index (κ1) is 14.7. The van der Waals surface area contributed by atoms with Crippen molar-refractivity contribution in [3.63, 3.8) is 0 Å². The molecule has 18 heavy (non-hydrogen) atoms. The Kier molecular flexibility index (Phi) is 6.40. The molecular formula is C15H23NO2. The lowest BCUT2D eigenvalue weighted by atomic mass is 10.0. The maximum Gasteiger partial charge on any atom is 0.303 e. The van der Waals surface area contributed by atoms with Gasteiger partial charge in [-0.2, -0.15) is 0 Å². The van der Waals surface area contributed by atoms with E-state index in [1.807, 2.05) is 6.92 Å². The van der Waals surface area contributed by atoms with E-state index in [2.05, 4.69) is 19.1 Å². The summed E-state index contributed by atoms with van der Waals surface area (Å²) in [5.41, 5.74) is 3.53. The molecule has 1 N–H and O–H groups in total. The Morgan fingerprint density at radius 2 is 1.94 bits per heavy atom. The molecule has 0 saturated carbocycles. The van der Waals surface area contributed by atoms with Crippen LogP contribution in [0.25, 0.3) is 0 Å². The van der Waals surface area contributed by atoms with Crippen LogP contribution in [0.4, 0.5) is 0 Å². The fourth-order valence-electron chi connectivity index (χ4n) is 2.02. The SMILES string of the molecule is CC/C(CCC(=O)O)=N\C1=C(/C)CC/C=C/CC1. The van der Waals surface area contributed by atoms with Crippen LogP contribution < -0.4 is 0 Å². The maximum absolute atomic E-state index is 10.6. The van der Waals surface area contributed by atoms with Gasteiger partial charge < -0.3 is 5.11 Å². The van der Waals surface area contributed by atoms with Gasteiger partial charge in [0.2, 0.25) is 0 Å². The number of hydrogen-bond donors (Lipinski definition) is 1. The molecule has 1 aliphatic rings. The van der Waals surface area contributed by atoms with Gasteiger partial charge in [0.05, 0.1) is 6.42 Å². The predicted octanol–water partition coefficient (Wildman–Crippen LogP) is 4.11. The summed E-state index contributed by atoms with van der Waals surface area (Å²) in [7, 11) is 0. The Labute approximate surface area is 109 Å². The van der Waals surface area contributed by atoms with Gasteiger partial charge in [0.1, 0.15) is 0 Å². The zero-order chi connectivity index (χ0) is 13.4. The standard InChI is InChI=1S/C15H23NO2/c1-3-13(10-11-15(17)18)16-14-9-7-5-4-6-8-12(14)2/h4-5H,3,6-11H2,1-2H3,(H,17,18)/b5-4+,14-12+,16-13+. The average Bonchev–Trinajstić information content (AvgIpc) is 2.32. The lowest BCUT2D eigenvalue weighted by molar-refractivity contribution is -0.136. The molecule has 0 atom stereocenters. The topological polar surface area (TPSA) is 49.7 Å². The molecule has 0 amide bonds. The van der Waals surface area contributed by atoms with E-state index in [1.165, 1.54) is 11.3 Å². The zero-order valence-electron chi connectivity index (χ0n) is 11.4. The van der Waals surface area contributed by atoms with Gasteiger partial charge in [-0.1, -0.05) is 24.6 Å². The summed E-state index contributed by atoms with van der Waals surface area (Å²) in [5.74, 6) is -0.748. The van der Waals surface area contributed by atoms with Gasteiger partial charge in [0.15, 0.2) is 0 Å². The fourth-order valence-corrected chi connectivity index (χ4v) is 2.02. The van der Waals surface area contributed by atoms with Crippen molar-refractivity contribution < 1.29 is 9.90 Å². The summed E-state index contributed by atoms with van der Waals surface area (Å²) in [4.78, 5) is 15.3. The van der Waals surface area contributed by atoms with Crippen molar-refractivity contribution in [1.82, 2.24) is 0 Å². The second-order valence-corrected chi connectivity index (χ2v) is 4.70.